The Bertz CT molecular complexity index is 1510. The molecule has 0 fully saturated rings. The average molecular weight is 439 g/mol. The van der Waals surface area contributed by atoms with Crippen LogP contribution in [0, 0.1) is 19.7 Å². The van der Waals surface area contributed by atoms with Crippen LogP contribution in [-0.4, -0.2) is 20.9 Å². The van der Waals surface area contributed by atoms with Crippen LogP contribution in [0.1, 0.15) is 38.4 Å². The first-order valence-electron chi connectivity index (χ1n) is 10.8. The van der Waals surface area contributed by atoms with E-state index < -0.39 is 0 Å². The first kappa shape index (κ1) is 20.8. The van der Waals surface area contributed by atoms with Gasteiger partial charge in [-0.2, -0.15) is 0 Å². The summed E-state index contributed by atoms with van der Waals surface area (Å²) >= 11 is 0. The van der Waals surface area contributed by atoms with E-state index >= 15 is 0 Å². The minimum atomic E-state index is -0.346. The summed E-state index contributed by atoms with van der Waals surface area (Å²) in [5, 5.41) is 4.85. The van der Waals surface area contributed by atoms with Crippen LogP contribution >= 0.6 is 0 Å². The number of nitrogens with zero attached hydrogens (tertiary/aromatic N) is 2. The van der Waals surface area contributed by atoms with Gasteiger partial charge in [0, 0.05) is 64.2 Å². The summed E-state index contributed by atoms with van der Waals surface area (Å²) in [6.45, 7) is 4.05. The molecule has 2 aromatic carbocycles. The fourth-order valence-corrected chi connectivity index (χ4v) is 4.05. The Labute approximate surface area is 190 Å². The number of rotatable bonds is 5. The summed E-state index contributed by atoms with van der Waals surface area (Å²) in [5.41, 5.74) is 6.56. The predicted octanol–water partition coefficient (Wildman–Crippen LogP) is 5.39. The highest BCUT2D eigenvalue weighted by molar-refractivity contribution is 5.94. The van der Waals surface area contributed by atoms with Gasteiger partial charge >= 0.3 is 0 Å². The minimum absolute atomic E-state index is 0.111. The lowest BCUT2D eigenvalue weighted by Crippen LogP contribution is -2.23. The second kappa shape index (κ2) is 8.47. The third kappa shape index (κ3) is 4.32. The molecule has 0 atom stereocenters. The monoisotopic (exact) mass is 438 g/mol. The van der Waals surface area contributed by atoms with Crippen LogP contribution in [0.3, 0.4) is 0 Å². The molecule has 5 nitrogen and oxygen atoms in total. The van der Waals surface area contributed by atoms with Gasteiger partial charge in [-0.3, -0.25) is 14.8 Å². The first-order valence-corrected chi connectivity index (χ1v) is 10.8. The van der Waals surface area contributed by atoms with Crippen molar-refractivity contribution >= 4 is 27.7 Å². The zero-order valence-electron chi connectivity index (χ0n) is 18.4. The third-order valence-electron chi connectivity index (χ3n) is 5.85. The number of carbonyl (C=O) groups excluding carboxylic acids is 1. The van der Waals surface area contributed by atoms with E-state index in [0.717, 1.165) is 44.3 Å². The van der Waals surface area contributed by atoms with Gasteiger partial charge in [-0.15, -0.1) is 0 Å². The summed E-state index contributed by atoms with van der Waals surface area (Å²) in [6, 6.07) is 16.9. The van der Waals surface area contributed by atoms with Crippen molar-refractivity contribution in [1.82, 2.24) is 20.3 Å². The highest BCUT2D eigenvalue weighted by Gasteiger charge is 2.12. The number of hydrogen-bond donors (Lipinski definition) is 2. The number of halogens is 1. The van der Waals surface area contributed by atoms with Crippen molar-refractivity contribution in [3.63, 3.8) is 0 Å². The van der Waals surface area contributed by atoms with Gasteiger partial charge < -0.3 is 10.3 Å². The maximum Gasteiger partial charge on any atom is 0.251 e. The van der Waals surface area contributed by atoms with Crippen molar-refractivity contribution in [2.45, 2.75) is 26.8 Å². The van der Waals surface area contributed by atoms with Crippen molar-refractivity contribution in [3.05, 3.63) is 106 Å². The average Bonchev–Trinajstić information content (AvgIpc) is 3.17. The SMILES string of the molecule is Cc1ccc2cc(Cc3cc(C(=O)NCc4cc5c(C)c[nH]c5cc4F)ccn3)ccc2n1. The van der Waals surface area contributed by atoms with E-state index in [-0.39, 0.29) is 18.3 Å². The second-order valence-corrected chi connectivity index (χ2v) is 8.34. The Morgan fingerprint density at radius 3 is 2.82 bits per heavy atom. The number of benzene rings is 2. The highest BCUT2D eigenvalue weighted by atomic mass is 19.1. The lowest BCUT2D eigenvalue weighted by Gasteiger charge is -2.09. The Kier molecular flexibility index (Phi) is 5.34. The van der Waals surface area contributed by atoms with Gasteiger partial charge in [0.1, 0.15) is 5.82 Å². The quantitative estimate of drug-likeness (QED) is 0.387. The molecule has 0 saturated heterocycles. The van der Waals surface area contributed by atoms with E-state index in [9.17, 15) is 9.18 Å². The summed E-state index contributed by atoms with van der Waals surface area (Å²) in [7, 11) is 0. The maximum atomic E-state index is 14.4. The number of nitrogens with one attached hydrogen (secondary N) is 2. The number of aromatic nitrogens is 3. The number of hydrogen-bond acceptors (Lipinski definition) is 3. The molecule has 5 rings (SSSR count). The molecule has 0 saturated carbocycles. The molecule has 0 aliphatic rings. The van der Waals surface area contributed by atoms with E-state index in [4.69, 9.17) is 0 Å². The zero-order chi connectivity index (χ0) is 22.9. The molecular formula is C27H23FN4O. The van der Waals surface area contributed by atoms with E-state index in [1.54, 1.807) is 24.4 Å². The number of H-pyrrole nitrogens is 1. The fraction of sp³-hybridized carbons (Fsp3) is 0.148. The van der Waals surface area contributed by atoms with Crippen LogP contribution in [0.4, 0.5) is 4.39 Å². The molecule has 0 bridgehead atoms. The number of pyridine rings is 2. The van der Waals surface area contributed by atoms with Crippen molar-refractivity contribution < 1.29 is 9.18 Å². The van der Waals surface area contributed by atoms with E-state index in [1.807, 2.05) is 38.2 Å². The van der Waals surface area contributed by atoms with Crippen molar-refractivity contribution in [2.24, 2.45) is 0 Å². The molecule has 0 unspecified atom stereocenters. The van der Waals surface area contributed by atoms with Gasteiger partial charge in [-0.25, -0.2) is 4.39 Å². The molecular weight excluding hydrogens is 415 g/mol. The summed E-state index contributed by atoms with van der Waals surface area (Å²) < 4.78 is 14.4. The predicted molar refractivity (Wildman–Crippen MR) is 128 cm³/mol. The van der Waals surface area contributed by atoms with Crippen molar-refractivity contribution in [1.29, 1.82) is 0 Å². The summed E-state index contributed by atoms with van der Waals surface area (Å²) in [4.78, 5) is 24.7. The topological polar surface area (TPSA) is 70.7 Å². The van der Waals surface area contributed by atoms with Gasteiger partial charge in [0.2, 0.25) is 0 Å². The van der Waals surface area contributed by atoms with Gasteiger partial charge in [0.05, 0.1) is 5.52 Å². The van der Waals surface area contributed by atoms with Crippen molar-refractivity contribution in [2.75, 3.05) is 0 Å². The molecule has 33 heavy (non-hydrogen) atoms. The smallest absolute Gasteiger partial charge is 0.251 e. The molecule has 1 amide bonds. The molecule has 0 aliphatic carbocycles. The Morgan fingerprint density at radius 2 is 1.94 bits per heavy atom. The van der Waals surface area contributed by atoms with Gasteiger partial charge in [0.25, 0.3) is 5.91 Å². The van der Waals surface area contributed by atoms with Crippen LogP contribution in [0.5, 0.6) is 0 Å². The standard InChI is InChI=1S/C27H23FN4O/c1-16-14-30-26-13-24(28)21(12-23(16)26)15-31-27(33)20-7-8-29-22(11-20)10-18-4-6-25-19(9-18)5-3-17(2)32-25/h3-9,11-14,30H,10,15H2,1-2H3,(H,31,33). The first-order chi connectivity index (χ1) is 16.0. The Morgan fingerprint density at radius 1 is 1.06 bits per heavy atom. The zero-order valence-corrected chi connectivity index (χ0v) is 18.4. The fourth-order valence-electron chi connectivity index (χ4n) is 4.05. The molecule has 164 valence electrons. The van der Waals surface area contributed by atoms with E-state index in [1.165, 1.54) is 6.07 Å². The van der Waals surface area contributed by atoms with Gasteiger partial charge in [-0.05, 0) is 67.4 Å². The second-order valence-electron chi connectivity index (χ2n) is 8.34. The Balaban J connectivity index is 1.30. The third-order valence-corrected chi connectivity index (χ3v) is 5.85. The van der Waals surface area contributed by atoms with Gasteiger partial charge in [-0.1, -0.05) is 12.1 Å². The molecule has 2 N–H and O–H groups in total. The maximum absolute atomic E-state index is 14.4. The number of amides is 1. The minimum Gasteiger partial charge on any atom is -0.361 e. The molecule has 6 heteroatoms. The van der Waals surface area contributed by atoms with Crippen LogP contribution in [0.2, 0.25) is 0 Å². The highest BCUT2D eigenvalue weighted by Crippen LogP contribution is 2.22. The molecule has 5 aromatic rings. The number of aromatic amines is 1. The van der Waals surface area contributed by atoms with Gasteiger partial charge in [0.15, 0.2) is 0 Å². The number of carbonyl (C=O) groups is 1. The lowest BCUT2D eigenvalue weighted by atomic mass is 10.0. The molecule has 0 radical (unpaired) electrons. The molecule has 0 spiro atoms. The summed E-state index contributed by atoms with van der Waals surface area (Å²) in [6.07, 6.45) is 4.08. The lowest BCUT2D eigenvalue weighted by molar-refractivity contribution is 0.0950. The normalized spacial score (nSPS) is 11.2. The molecule has 3 heterocycles. The van der Waals surface area contributed by atoms with E-state index in [0.29, 0.717) is 17.5 Å². The van der Waals surface area contributed by atoms with Crippen molar-refractivity contribution in [3.8, 4) is 0 Å². The van der Waals surface area contributed by atoms with Crippen LogP contribution in [0.25, 0.3) is 21.8 Å². The van der Waals surface area contributed by atoms with Crippen LogP contribution < -0.4 is 5.32 Å². The number of aryl methyl sites for hydroxylation is 2. The molecule has 0 aliphatic heterocycles. The van der Waals surface area contributed by atoms with Crippen LogP contribution in [0.15, 0.2) is 67.0 Å². The van der Waals surface area contributed by atoms with E-state index in [2.05, 4.69) is 32.4 Å². The summed E-state index contributed by atoms with van der Waals surface area (Å²) in [5.74, 6) is -0.608. The molecule has 3 aromatic heterocycles. The largest absolute Gasteiger partial charge is 0.361 e. The number of fused-ring (bicyclic) bond motifs is 2. The Hall–Kier alpha value is -4.06. The van der Waals surface area contributed by atoms with Crippen LogP contribution in [-0.2, 0) is 13.0 Å².